The zero-order chi connectivity index (χ0) is 18.0. The molecule has 1 fully saturated rings. The Morgan fingerprint density at radius 2 is 2.00 bits per heavy atom. The third-order valence-electron chi connectivity index (χ3n) is 4.54. The summed E-state index contributed by atoms with van der Waals surface area (Å²) in [4.78, 5) is 16.6. The van der Waals surface area contributed by atoms with Gasteiger partial charge in [0.25, 0.3) is 0 Å². The van der Waals surface area contributed by atoms with Crippen LogP contribution in [0.2, 0.25) is 5.02 Å². The van der Waals surface area contributed by atoms with Crippen LogP contribution in [0.3, 0.4) is 0 Å². The van der Waals surface area contributed by atoms with E-state index in [0.717, 1.165) is 0 Å². The van der Waals surface area contributed by atoms with Crippen LogP contribution in [-0.4, -0.2) is 37.0 Å². The van der Waals surface area contributed by atoms with Crippen molar-refractivity contribution in [1.29, 1.82) is 0 Å². The lowest BCUT2D eigenvalue weighted by Crippen LogP contribution is -2.55. The van der Waals surface area contributed by atoms with Crippen LogP contribution in [0.5, 0.6) is 5.75 Å². The molecule has 3 rings (SSSR count). The van der Waals surface area contributed by atoms with Crippen molar-refractivity contribution in [2.45, 2.75) is 19.5 Å². The first kappa shape index (κ1) is 17.7. The minimum Gasteiger partial charge on any atom is -0.495 e. The zero-order valence-electron chi connectivity index (χ0n) is 14.2. The van der Waals surface area contributed by atoms with E-state index < -0.39 is 0 Å². The van der Waals surface area contributed by atoms with E-state index in [-0.39, 0.29) is 17.8 Å². The highest BCUT2D eigenvalue weighted by Gasteiger charge is 2.33. The molecule has 1 atom stereocenters. The van der Waals surface area contributed by atoms with Crippen LogP contribution in [0.15, 0.2) is 42.5 Å². The molecule has 2 aromatic rings. The number of piperazine rings is 1. The van der Waals surface area contributed by atoms with E-state index >= 15 is 0 Å². The molecule has 0 radical (unpaired) electrons. The Morgan fingerprint density at radius 3 is 2.72 bits per heavy atom. The normalized spacial score (nSPS) is 18.5. The predicted octanol–water partition coefficient (Wildman–Crippen LogP) is 3.73. The summed E-state index contributed by atoms with van der Waals surface area (Å²) in [5.41, 5.74) is 1.26. The summed E-state index contributed by atoms with van der Waals surface area (Å²) in [7, 11) is 1.56. The number of hydrogen-bond acceptors (Lipinski definition) is 3. The average molecular weight is 363 g/mol. The van der Waals surface area contributed by atoms with Crippen molar-refractivity contribution in [1.82, 2.24) is 4.90 Å². The summed E-state index contributed by atoms with van der Waals surface area (Å²) in [5, 5.41) is 0.546. The maximum absolute atomic E-state index is 13.9. The molecule has 0 spiro atoms. The Hall–Kier alpha value is -2.11. The summed E-state index contributed by atoms with van der Waals surface area (Å²) < 4.78 is 19.3. The molecule has 0 N–H and O–H groups in total. The van der Waals surface area contributed by atoms with Gasteiger partial charge in [0.1, 0.15) is 11.6 Å². The monoisotopic (exact) mass is 362 g/mol. The SMILES string of the molecule is COc1ccc(Cl)cc1N1CCN(Cc2ccccc2F)[C@H](C)C1=O. The van der Waals surface area contributed by atoms with Gasteiger partial charge >= 0.3 is 0 Å². The number of hydrogen-bond donors (Lipinski definition) is 0. The molecule has 1 aliphatic rings. The van der Waals surface area contributed by atoms with Gasteiger partial charge in [0, 0.05) is 30.2 Å². The molecule has 1 saturated heterocycles. The van der Waals surface area contributed by atoms with Crippen LogP contribution < -0.4 is 9.64 Å². The molecule has 0 bridgehead atoms. The van der Waals surface area contributed by atoms with Gasteiger partial charge in [-0.2, -0.15) is 0 Å². The maximum Gasteiger partial charge on any atom is 0.244 e. The largest absolute Gasteiger partial charge is 0.495 e. The number of nitrogens with zero attached hydrogens (tertiary/aromatic N) is 2. The molecule has 0 saturated carbocycles. The first-order valence-electron chi connectivity index (χ1n) is 8.13. The van der Waals surface area contributed by atoms with E-state index in [1.54, 1.807) is 48.4 Å². The molecule has 0 aliphatic carbocycles. The highest BCUT2D eigenvalue weighted by atomic mass is 35.5. The van der Waals surface area contributed by atoms with E-state index in [4.69, 9.17) is 16.3 Å². The van der Waals surface area contributed by atoms with Crippen LogP contribution in [0.1, 0.15) is 12.5 Å². The van der Waals surface area contributed by atoms with Crippen LogP contribution in [0, 0.1) is 5.82 Å². The predicted molar refractivity (Wildman–Crippen MR) is 96.6 cm³/mol. The Labute approximate surface area is 151 Å². The van der Waals surface area contributed by atoms with Crippen LogP contribution >= 0.6 is 11.6 Å². The summed E-state index contributed by atoms with van der Waals surface area (Å²) in [5.74, 6) is 0.303. The van der Waals surface area contributed by atoms with Crippen molar-refractivity contribution in [3.05, 3.63) is 58.9 Å². The molecular weight excluding hydrogens is 343 g/mol. The van der Waals surface area contributed by atoms with E-state index in [0.29, 0.717) is 41.7 Å². The average Bonchev–Trinajstić information content (AvgIpc) is 2.61. The van der Waals surface area contributed by atoms with E-state index in [1.807, 2.05) is 11.8 Å². The topological polar surface area (TPSA) is 32.8 Å². The number of carbonyl (C=O) groups is 1. The quantitative estimate of drug-likeness (QED) is 0.831. The van der Waals surface area contributed by atoms with E-state index in [9.17, 15) is 9.18 Å². The van der Waals surface area contributed by atoms with Crippen LogP contribution in [-0.2, 0) is 11.3 Å². The van der Waals surface area contributed by atoms with Gasteiger partial charge in [-0.3, -0.25) is 9.69 Å². The molecule has 1 amide bonds. The number of anilines is 1. The van der Waals surface area contributed by atoms with Crippen molar-refractivity contribution in [3.63, 3.8) is 0 Å². The first-order valence-corrected chi connectivity index (χ1v) is 8.51. The molecular formula is C19H20ClFN2O2. The molecule has 1 aliphatic heterocycles. The fourth-order valence-corrected chi connectivity index (χ4v) is 3.25. The minimum atomic E-state index is -0.364. The van der Waals surface area contributed by atoms with Crippen molar-refractivity contribution in [3.8, 4) is 5.75 Å². The summed E-state index contributed by atoms with van der Waals surface area (Å²) in [6, 6.07) is 11.5. The number of benzene rings is 2. The number of methoxy groups -OCH3 is 1. The van der Waals surface area contributed by atoms with Crippen LogP contribution in [0.4, 0.5) is 10.1 Å². The molecule has 1 heterocycles. The third kappa shape index (κ3) is 3.62. The molecule has 2 aromatic carbocycles. The fourth-order valence-electron chi connectivity index (χ4n) is 3.09. The molecule has 6 heteroatoms. The van der Waals surface area contributed by atoms with Crippen LogP contribution in [0.25, 0.3) is 0 Å². The van der Waals surface area contributed by atoms with Crippen molar-refractivity contribution < 1.29 is 13.9 Å². The van der Waals surface area contributed by atoms with Gasteiger partial charge in [-0.1, -0.05) is 29.8 Å². The van der Waals surface area contributed by atoms with E-state index in [1.165, 1.54) is 6.07 Å². The number of carbonyl (C=O) groups excluding carboxylic acids is 1. The Kier molecular flexibility index (Phi) is 5.25. The lowest BCUT2D eigenvalue weighted by molar-refractivity contribution is -0.125. The minimum absolute atomic E-state index is 0.0526. The second kappa shape index (κ2) is 7.42. The summed E-state index contributed by atoms with van der Waals surface area (Å²) >= 11 is 6.08. The summed E-state index contributed by atoms with van der Waals surface area (Å²) in [6.45, 7) is 3.37. The van der Waals surface area contributed by atoms with Gasteiger partial charge in [-0.15, -0.1) is 0 Å². The van der Waals surface area contributed by atoms with Crippen molar-refractivity contribution in [2.75, 3.05) is 25.1 Å². The molecule has 0 aromatic heterocycles. The lowest BCUT2D eigenvalue weighted by atomic mass is 10.1. The highest BCUT2D eigenvalue weighted by Crippen LogP contribution is 2.33. The first-order chi connectivity index (χ1) is 12.0. The molecule has 4 nitrogen and oxygen atoms in total. The van der Waals surface area contributed by atoms with E-state index in [2.05, 4.69) is 0 Å². The standard InChI is InChI=1S/C19H20ClFN2O2/c1-13-19(24)23(17-11-15(20)7-8-18(17)25-2)10-9-22(13)12-14-5-3-4-6-16(14)21/h3-8,11,13H,9-10,12H2,1-2H3/t13-/m1/s1. The third-order valence-corrected chi connectivity index (χ3v) is 4.78. The number of halogens is 2. The second-order valence-electron chi connectivity index (χ2n) is 6.04. The Morgan fingerprint density at radius 1 is 1.24 bits per heavy atom. The zero-order valence-corrected chi connectivity index (χ0v) is 15.0. The molecule has 0 unspecified atom stereocenters. The van der Waals surface area contributed by atoms with Gasteiger partial charge in [-0.05, 0) is 31.2 Å². The molecule has 25 heavy (non-hydrogen) atoms. The number of ether oxygens (including phenoxy) is 1. The van der Waals surface area contributed by atoms with Crippen molar-refractivity contribution in [2.24, 2.45) is 0 Å². The maximum atomic E-state index is 13.9. The molecule has 132 valence electrons. The Balaban J connectivity index is 1.80. The Bertz CT molecular complexity index is 784. The second-order valence-corrected chi connectivity index (χ2v) is 6.48. The van der Waals surface area contributed by atoms with Gasteiger partial charge in [0.15, 0.2) is 0 Å². The smallest absolute Gasteiger partial charge is 0.244 e. The van der Waals surface area contributed by atoms with Gasteiger partial charge in [0.2, 0.25) is 5.91 Å². The van der Waals surface area contributed by atoms with Gasteiger partial charge < -0.3 is 9.64 Å². The fraction of sp³-hybridized carbons (Fsp3) is 0.316. The highest BCUT2D eigenvalue weighted by molar-refractivity contribution is 6.31. The van der Waals surface area contributed by atoms with Crippen molar-refractivity contribution >= 4 is 23.2 Å². The number of rotatable bonds is 4. The van der Waals surface area contributed by atoms with Gasteiger partial charge in [0.05, 0.1) is 18.8 Å². The number of amides is 1. The lowest BCUT2D eigenvalue weighted by Gasteiger charge is -2.39. The summed E-state index contributed by atoms with van der Waals surface area (Å²) in [6.07, 6.45) is 0. The van der Waals surface area contributed by atoms with Gasteiger partial charge in [-0.25, -0.2) is 4.39 Å².